The van der Waals surface area contributed by atoms with E-state index in [9.17, 15) is 9.59 Å². The van der Waals surface area contributed by atoms with Crippen molar-refractivity contribution in [1.82, 2.24) is 5.32 Å². The topological polar surface area (TPSA) is 66.4 Å². The van der Waals surface area contributed by atoms with Crippen LogP contribution in [0.2, 0.25) is 0 Å². The minimum Gasteiger partial charge on any atom is -0.481 e. The summed E-state index contributed by atoms with van der Waals surface area (Å²) in [7, 11) is 0. The molecule has 1 aliphatic carbocycles. The molecule has 1 aliphatic rings. The number of unbranched alkanes of at least 4 members (excludes halogenated alkanes) is 1. The summed E-state index contributed by atoms with van der Waals surface area (Å²) in [4.78, 5) is 22.8. The van der Waals surface area contributed by atoms with Crippen LogP contribution < -0.4 is 5.32 Å². The third-order valence-corrected chi connectivity index (χ3v) is 3.35. The first-order valence-electron chi connectivity index (χ1n) is 6.11. The molecule has 4 heteroatoms. The molecule has 0 aromatic carbocycles. The van der Waals surface area contributed by atoms with Gasteiger partial charge in [0.2, 0.25) is 5.91 Å². The summed E-state index contributed by atoms with van der Waals surface area (Å²) in [6.45, 7) is 2.73. The fourth-order valence-corrected chi connectivity index (χ4v) is 2.39. The Kier molecular flexibility index (Phi) is 4.77. The van der Waals surface area contributed by atoms with Gasteiger partial charge < -0.3 is 10.4 Å². The van der Waals surface area contributed by atoms with Gasteiger partial charge in [-0.15, -0.1) is 0 Å². The summed E-state index contributed by atoms with van der Waals surface area (Å²) in [5, 5.41) is 11.7. The Hall–Kier alpha value is -1.06. The zero-order chi connectivity index (χ0) is 12.0. The molecule has 4 nitrogen and oxygen atoms in total. The standard InChI is InChI=1S/C12H21NO3/c1-2-3-8-13-11(16)12(9-10(14)15)6-4-5-7-12/h2-9H2,1H3,(H,13,16)(H,14,15). The molecule has 0 saturated heterocycles. The second-order valence-electron chi connectivity index (χ2n) is 4.67. The molecule has 0 bridgehead atoms. The normalized spacial score (nSPS) is 18.3. The highest BCUT2D eigenvalue weighted by atomic mass is 16.4. The Balaban J connectivity index is 2.55. The third kappa shape index (κ3) is 3.22. The van der Waals surface area contributed by atoms with Gasteiger partial charge >= 0.3 is 5.97 Å². The molecule has 16 heavy (non-hydrogen) atoms. The van der Waals surface area contributed by atoms with E-state index in [-0.39, 0.29) is 12.3 Å². The van der Waals surface area contributed by atoms with Crippen molar-refractivity contribution in [2.24, 2.45) is 5.41 Å². The van der Waals surface area contributed by atoms with Crippen LogP contribution in [0.5, 0.6) is 0 Å². The van der Waals surface area contributed by atoms with Gasteiger partial charge in [-0.3, -0.25) is 9.59 Å². The van der Waals surface area contributed by atoms with Crippen LogP contribution in [-0.4, -0.2) is 23.5 Å². The maximum Gasteiger partial charge on any atom is 0.304 e. The average Bonchev–Trinajstić information content (AvgIpc) is 2.67. The van der Waals surface area contributed by atoms with Gasteiger partial charge in [0.15, 0.2) is 0 Å². The first-order chi connectivity index (χ1) is 7.60. The second kappa shape index (κ2) is 5.87. The molecule has 0 spiro atoms. The van der Waals surface area contributed by atoms with Crippen molar-refractivity contribution in [3.8, 4) is 0 Å². The predicted octanol–water partition coefficient (Wildman–Crippen LogP) is 1.94. The summed E-state index contributed by atoms with van der Waals surface area (Å²) in [5.74, 6) is -0.923. The molecule has 92 valence electrons. The van der Waals surface area contributed by atoms with Gasteiger partial charge in [0, 0.05) is 6.54 Å². The van der Waals surface area contributed by atoms with E-state index in [0.717, 1.165) is 38.5 Å². The van der Waals surface area contributed by atoms with E-state index in [2.05, 4.69) is 12.2 Å². The molecule has 0 heterocycles. The number of carbonyl (C=O) groups is 2. The molecular formula is C12H21NO3. The van der Waals surface area contributed by atoms with Crippen molar-refractivity contribution >= 4 is 11.9 Å². The molecule has 0 radical (unpaired) electrons. The van der Waals surface area contributed by atoms with Gasteiger partial charge in [0.25, 0.3) is 0 Å². The minimum atomic E-state index is -0.868. The number of hydrogen-bond acceptors (Lipinski definition) is 2. The van der Waals surface area contributed by atoms with Gasteiger partial charge in [-0.25, -0.2) is 0 Å². The van der Waals surface area contributed by atoms with Crippen LogP contribution in [0.25, 0.3) is 0 Å². The summed E-state index contributed by atoms with van der Waals surface area (Å²) in [6, 6.07) is 0. The fraction of sp³-hybridized carbons (Fsp3) is 0.833. The summed E-state index contributed by atoms with van der Waals surface area (Å²) >= 11 is 0. The van der Waals surface area contributed by atoms with Crippen LogP contribution in [-0.2, 0) is 9.59 Å². The van der Waals surface area contributed by atoms with Gasteiger partial charge in [-0.1, -0.05) is 26.2 Å². The van der Waals surface area contributed by atoms with Crippen molar-refractivity contribution in [2.75, 3.05) is 6.54 Å². The number of rotatable bonds is 6. The molecule has 1 fully saturated rings. The van der Waals surface area contributed by atoms with Crippen LogP contribution in [0.4, 0.5) is 0 Å². The van der Waals surface area contributed by atoms with Gasteiger partial charge in [-0.05, 0) is 19.3 Å². The number of carboxylic acid groups (broad SMARTS) is 1. The van der Waals surface area contributed by atoms with E-state index >= 15 is 0 Å². The SMILES string of the molecule is CCCCNC(=O)C1(CC(=O)O)CCCC1. The first kappa shape index (κ1) is 13.0. The number of carboxylic acids is 1. The number of carbonyl (C=O) groups excluding carboxylic acids is 1. The summed E-state index contributed by atoms with van der Waals surface area (Å²) < 4.78 is 0. The number of hydrogen-bond donors (Lipinski definition) is 2. The van der Waals surface area contributed by atoms with Crippen molar-refractivity contribution in [2.45, 2.75) is 51.9 Å². The summed E-state index contributed by atoms with van der Waals surface area (Å²) in [5.41, 5.74) is -0.625. The van der Waals surface area contributed by atoms with Crippen LogP contribution >= 0.6 is 0 Å². The monoisotopic (exact) mass is 227 g/mol. The highest BCUT2D eigenvalue weighted by Crippen LogP contribution is 2.41. The minimum absolute atomic E-state index is 0.0229. The lowest BCUT2D eigenvalue weighted by Gasteiger charge is -2.25. The first-order valence-corrected chi connectivity index (χ1v) is 6.11. The van der Waals surface area contributed by atoms with Crippen molar-refractivity contribution in [1.29, 1.82) is 0 Å². The zero-order valence-electron chi connectivity index (χ0n) is 9.92. The van der Waals surface area contributed by atoms with E-state index < -0.39 is 11.4 Å². The molecule has 0 aromatic heterocycles. The lowest BCUT2D eigenvalue weighted by atomic mass is 9.81. The second-order valence-corrected chi connectivity index (χ2v) is 4.67. The molecule has 0 aromatic rings. The van der Waals surface area contributed by atoms with Crippen LogP contribution in [0.1, 0.15) is 51.9 Å². The fourth-order valence-electron chi connectivity index (χ4n) is 2.39. The van der Waals surface area contributed by atoms with E-state index in [1.807, 2.05) is 0 Å². The maximum atomic E-state index is 12.0. The predicted molar refractivity (Wildman–Crippen MR) is 61.1 cm³/mol. The quantitative estimate of drug-likeness (QED) is 0.681. The van der Waals surface area contributed by atoms with Crippen LogP contribution in [0, 0.1) is 5.41 Å². The molecular weight excluding hydrogens is 206 g/mol. The highest BCUT2D eigenvalue weighted by molar-refractivity contribution is 5.87. The number of nitrogens with one attached hydrogen (secondary N) is 1. The van der Waals surface area contributed by atoms with Gasteiger partial charge in [0.1, 0.15) is 0 Å². The molecule has 0 unspecified atom stereocenters. The Labute approximate surface area is 96.4 Å². The molecule has 1 rings (SSSR count). The van der Waals surface area contributed by atoms with Crippen LogP contribution in [0.15, 0.2) is 0 Å². The number of aliphatic carboxylic acids is 1. The summed E-state index contributed by atoms with van der Waals surface area (Å²) in [6.07, 6.45) is 5.34. The molecule has 2 N–H and O–H groups in total. The van der Waals surface area contributed by atoms with E-state index in [4.69, 9.17) is 5.11 Å². The van der Waals surface area contributed by atoms with Gasteiger partial charge in [-0.2, -0.15) is 0 Å². The van der Waals surface area contributed by atoms with E-state index in [1.165, 1.54) is 0 Å². The van der Waals surface area contributed by atoms with Crippen LogP contribution in [0.3, 0.4) is 0 Å². The average molecular weight is 227 g/mol. The number of amides is 1. The van der Waals surface area contributed by atoms with Crippen molar-refractivity contribution in [3.05, 3.63) is 0 Å². The molecule has 0 aliphatic heterocycles. The molecule has 0 atom stereocenters. The largest absolute Gasteiger partial charge is 0.481 e. The Morgan fingerprint density at radius 3 is 2.44 bits per heavy atom. The highest BCUT2D eigenvalue weighted by Gasteiger charge is 2.42. The van der Waals surface area contributed by atoms with E-state index in [0.29, 0.717) is 6.54 Å². The molecule has 1 saturated carbocycles. The van der Waals surface area contributed by atoms with E-state index in [1.54, 1.807) is 0 Å². The Morgan fingerprint density at radius 1 is 1.31 bits per heavy atom. The van der Waals surface area contributed by atoms with Gasteiger partial charge in [0.05, 0.1) is 11.8 Å². The van der Waals surface area contributed by atoms with Crippen molar-refractivity contribution < 1.29 is 14.7 Å². The smallest absolute Gasteiger partial charge is 0.304 e. The maximum absolute atomic E-state index is 12.0. The molecule has 1 amide bonds. The zero-order valence-corrected chi connectivity index (χ0v) is 9.92. The lowest BCUT2D eigenvalue weighted by Crippen LogP contribution is -2.41. The Bertz CT molecular complexity index is 257. The lowest BCUT2D eigenvalue weighted by molar-refractivity contribution is -0.145. The van der Waals surface area contributed by atoms with Crippen molar-refractivity contribution in [3.63, 3.8) is 0 Å². The third-order valence-electron chi connectivity index (χ3n) is 3.35. The Morgan fingerprint density at radius 2 is 1.94 bits per heavy atom.